The summed E-state index contributed by atoms with van der Waals surface area (Å²) in [5, 5.41) is 16.5. The zero-order valence-corrected chi connectivity index (χ0v) is 18.5. The zero-order valence-electron chi connectivity index (χ0n) is 18.5. The van der Waals surface area contributed by atoms with Gasteiger partial charge in [-0.2, -0.15) is 0 Å². The summed E-state index contributed by atoms with van der Waals surface area (Å²) >= 11 is 0. The molecule has 1 aliphatic carbocycles. The third kappa shape index (κ3) is 4.06. The minimum Gasteiger partial charge on any atom is -0.397 e. The van der Waals surface area contributed by atoms with Crippen LogP contribution in [0, 0.1) is 6.92 Å². The Labute approximate surface area is 182 Å². The van der Waals surface area contributed by atoms with Crippen molar-refractivity contribution in [1.29, 1.82) is 0 Å². The van der Waals surface area contributed by atoms with Crippen LogP contribution in [0.5, 0.6) is 0 Å². The Balaban J connectivity index is 1.69. The van der Waals surface area contributed by atoms with Crippen molar-refractivity contribution in [1.82, 2.24) is 15.1 Å². The summed E-state index contributed by atoms with van der Waals surface area (Å²) in [4.78, 5) is 13.3. The maximum atomic E-state index is 10.7. The number of β-amino-alcohol motifs (C(OH)–C–C–N with tert-alkyl or cyclic N) is 1. The standard InChI is InChI=1S/C22H31N5O4/c1-15-12-16(25-31-15)13-30-27-10-5-9-22-18(27)7-6-17(23)20(22)24-19(8-11-29-4)26(22)14-21(2,3)28/h5-7,10,12,19,28H,8-9,11,13-14,23H2,1-4H3. The predicted octanol–water partition coefficient (Wildman–Crippen LogP) is 2.00. The first-order chi connectivity index (χ1) is 14.7. The van der Waals surface area contributed by atoms with Crippen LogP contribution in [0.2, 0.25) is 0 Å². The minimum atomic E-state index is -0.919. The Bertz CT molecular complexity index is 942. The van der Waals surface area contributed by atoms with Gasteiger partial charge in [0.2, 0.25) is 0 Å². The highest BCUT2D eigenvalue weighted by Crippen LogP contribution is 2.46. The number of ether oxygens (including phenoxy) is 1. The molecule has 0 saturated heterocycles. The van der Waals surface area contributed by atoms with Gasteiger partial charge in [-0.1, -0.05) is 11.2 Å². The lowest BCUT2D eigenvalue weighted by atomic mass is 9.78. The van der Waals surface area contributed by atoms with E-state index in [2.05, 4.69) is 16.1 Å². The third-order valence-corrected chi connectivity index (χ3v) is 5.70. The number of hydrogen-bond donors (Lipinski definition) is 2. The number of methoxy groups -OCH3 is 1. The minimum absolute atomic E-state index is 0.165. The first kappa shape index (κ1) is 21.8. The summed E-state index contributed by atoms with van der Waals surface area (Å²) in [6.45, 7) is 6.70. The third-order valence-electron chi connectivity index (χ3n) is 5.70. The van der Waals surface area contributed by atoms with Crippen molar-refractivity contribution >= 4 is 5.71 Å². The van der Waals surface area contributed by atoms with E-state index in [4.69, 9.17) is 24.8 Å². The Morgan fingerprint density at radius 3 is 2.87 bits per heavy atom. The van der Waals surface area contributed by atoms with E-state index < -0.39 is 11.1 Å². The van der Waals surface area contributed by atoms with Gasteiger partial charge < -0.3 is 20.1 Å². The van der Waals surface area contributed by atoms with E-state index in [9.17, 15) is 5.11 Å². The van der Waals surface area contributed by atoms with Crippen molar-refractivity contribution in [3.63, 3.8) is 0 Å². The molecule has 168 valence electrons. The molecule has 3 N–H and O–H groups in total. The molecule has 0 amide bonds. The van der Waals surface area contributed by atoms with Crippen molar-refractivity contribution in [2.75, 3.05) is 20.3 Å². The topological polar surface area (TPSA) is 110 Å². The highest BCUT2D eigenvalue weighted by atomic mass is 16.7. The summed E-state index contributed by atoms with van der Waals surface area (Å²) in [5.41, 5.74) is 7.94. The lowest BCUT2D eigenvalue weighted by Crippen LogP contribution is -2.62. The number of aromatic nitrogens is 1. The fraction of sp³-hybridized carbons (Fsp3) is 0.545. The summed E-state index contributed by atoms with van der Waals surface area (Å²) in [6, 6.07) is 1.85. The first-order valence-corrected chi connectivity index (χ1v) is 10.5. The van der Waals surface area contributed by atoms with Gasteiger partial charge in [-0.25, -0.2) is 5.06 Å². The predicted molar refractivity (Wildman–Crippen MR) is 115 cm³/mol. The SMILES string of the molecule is COCCC1N=C2C(N)=CC=C3N(OCc4cc(C)on4)C=CCC32N1CC(C)(C)O. The maximum Gasteiger partial charge on any atom is 0.134 e. The molecule has 9 heteroatoms. The average molecular weight is 430 g/mol. The molecular weight excluding hydrogens is 398 g/mol. The van der Waals surface area contributed by atoms with Gasteiger partial charge in [0.15, 0.2) is 0 Å². The molecule has 0 saturated carbocycles. The number of hydrogen-bond acceptors (Lipinski definition) is 9. The van der Waals surface area contributed by atoms with E-state index in [1.807, 2.05) is 31.3 Å². The Morgan fingerprint density at radius 1 is 1.39 bits per heavy atom. The summed E-state index contributed by atoms with van der Waals surface area (Å²) in [5.74, 6) is 0.736. The fourth-order valence-electron chi connectivity index (χ4n) is 4.49. The van der Waals surface area contributed by atoms with Gasteiger partial charge in [0, 0.05) is 38.9 Å². The van der Waals surface area contributed by atoms with Crippen molar-refractivity contribution in [3.8, 4) is 0 Å². The summed E-state index contributed by atoms with van der Waals surface area (Å²) in [7, 11) is 1.68. The van der Waals surface area contributed by atoms with Gasteiger partial charge in [0.05, 0.1) is 22.7 Å². The molecule has 2 aliphatic heterocycles. The number of rotatable bonds is 8. The maximum absolute atomic E-state index is 10.7. The molecule has 2 atom stereocenters. The first-order valence-electron chi connectivity index (χ1n) is 10.5. The smallest absolute Gasteiger partial charge is 0.134 e. The van der Waals surface area contributed by atoms with Crippen LogP contribution >= 0.6 is 0 Å². The molecule has 9 nitrogen and oxygen atoms in total. The number of hydroxylamine groups is 2. The fourth-order valence-corrected chi connectivity index (χ4v) is 4.49. The van der Waals surface area contributed by atoms with Crippen LogP contribution in [0.25, 0.3) is 0 Å². The van der Waals surface area contributed by atoms with E-state index in [1.165, 1.54) is 0 Å². The van der Waals surface area contributed by atoms with Crippen LogP contribution < -0.4 is 5.73 Å². The van der Waals surface area contributed by atoms with Crippen molar-refractivity contribution in [3.05, 3.63) is 53.3 Å². The molecule has 4 rings (SSSR count). The van der Waals surface area contributed by atoms with Crippen LogP contribution in [0.15, 0.2) is 51.4 Å². The number of aliphatic hydroxyl groups is 1. The van der Waals surface area contributed by atoms with Crippen LogP contribution in [-0.4, -0.2) is 63.5 Å². The molecule has 0 radical (unpaired) electrons. The van der Waals surface area contributed by atoms with E-state index in [-0.39, 0.29) is 12.8 Å². The molecule has 3 heterocycles. The molecule has 1 aromatic heterocycles. The summed E-state index contributed by atoms with van der Waals surface area (Å²) < 4.78 is 10.5. The number of aryl methyl sites for hydroxylation is 1. The van der Waals surface area contributed by atoms with Crippen LogP contribution in [0.4, 0.5) is 0 Å². The van der Waals surface area contributed by atoms with Crippen LogP contribution in [-0.2, 0) is 16.2 Å². The highest BCUT2D eigenvalue weighted by Gasteiger charge is 2.56. The monoisotopic (exact) mass is 429 g/mol. The highest BCUT2D eigenvalue weighted by molar-refractivity contribution is 6.11. The number of aliphatic imine (C=N–C) groups is 1. The van der Waals surface area contributed by atoms with Gasteiger partial charge in [-0.15, -0.1) is 0 Å². The molecule has 2 unspecified atom stereocenters. The van der Waals surface area contributed by atoms with Gasteiger partial charge in [0.25, 0.3) is 0 Å². The van der Waals surface area contributed by atoms with Gasteiger partial charge >= 0.3 is 0 Å². The molecule has 31 heavy (non-hydrogen) atoms. The molecule has 1 aromatic rings. The second-order valence-electron chi connectivity index (χ2n) is 8.83. The number of nitrogens with zero attached hydrogens (tertiary/aromatic N) is 4. The van der Waals surface area contributed by atoms with Crippen molar-refractivity contribution in [2.24, 2.45) is 10.7 Å². The second kappa shape index (κ2) is 8.23. The van der Waals surface area contributed by atoms with Crippen LogP contribution in [0.1, 0.15) is 38.1 Å². The normalized spacial score (nSPS) is 25.8. The Hall–Kier alpha value is -2.46. The van der Waals surface area contributed by atoms with E-state index in [0.717, 1.165) is 17.2 Å². The van der Waals surface area contributed by atoms with Gasteiger partial charge in [-0.05, 0) is 39.3 Å². The molecular formula is C22H31N5O4. The Kier molecular flexibility index (Phi) is 5.78. The van der Waals surface area contributed by atoms with Gasteiger partial charge in [0.1, 0.15) is 29.8 Å². The largest absolute Gasteiger partial charge is 0.397 e. The zero-order chi connectivity index (χ0) is 22.2. The van der Waals surface area contributed by atoms with E-state index >= 15 is 0 Å². The molecule has 1 spiro atoms. The molecule has 0 fully saturated rings. The van der Waals surface area contributed by atoms with E-state index in [1.54, 1.807) is 26.0 Å². The number of nitrogens with two attached hydrogens (primary N) is 1. The summed E-state index contributed by atoms with van der Waals surface area (Å²) in [6.07, 6.45) is 9.00. The Morgan fingerprint density at radius 2 is 2.19 bits per heavy atom. The van der Waals surface area contributed by atoms with E-state index in [0.29, 0.717) is 37.4 Å². The van der Waals surface area contributed by atoms with Gasteiger partial charge in [-0.3, -0.25) is 14.7 Å². The van der Waals surface area contributed by atoms with Crippen molar-refractivity contribution < 1.29 is 19.2 Å². The molecule has 0 bridgehead atoms. The van der Waals surface area contributed by atoms with Crippen molar-refractivity contribution in [2.45, 2.75) is 57.5 Å². The molecule has 3 aliphatic rings. The number of allylic oxidation sites excluding steroid dienone is 2. The second-order valence-corrected chi connectivity index (χ2v) is 8.83. The lowest BCUT2D eigenvalue weighted by molar-refractivity contribution is -0.127. The lowest BCUT2D eigenvalue weighted by Gasteiger charge is -2.49. The quantitative estimate of drug-likeness (QED) is 0.646. The van der Waals surface area contributed by atoms with Crippen LogP contribution in [0.3, 0.4) is 0 Å². The average Bonchev–Trinajstić information content (AvgIpc) is 3.25. The molecule has 0 aromatic carbocycles.